The van der Waals surface area contributed by atoms with Crippen molar-refractivity contribution in [2.75, 3.05) is 38.0 Å². The standard InChI is InChI=1S/C22H30N4O/c1-18(2)8-10-23-20-9-11-24-21(16-20)22(27)26-14-12-25(13-15-26)17-19-6-4-3-5-7-19/h3-7,9,11,16,18H,8,10,12-15,17H2,1-2H3,(H,23,24). The Hall–Kier alpha value is -2.40. The fraction of sp³-hybridized carbons (Fsp3) is 0.455. The molecule has 1 fully saturated rings. The third-order valence-electron chi connectivity index (χ3n) is 4.94. The van der Waals surface area contributed by atoms with Gasteiger partial charge in [0, 0.05) is 51.2 Å². The Balaban J connectivity index is 1.51. The Morgan fingerprint density at radius 2 is 1.85 bits per heavy atom. The molecule has 1 aliphatic heterocycles. The van der Waals surface area contributed by atoms with Crippen LogP contribution < -0.4 is 5.32 Å². The second-order valence-corrected chi connectivity index (χ2v) is 7.59. The van der Waals surface area contributed by atoms with Crippen LogP contribution in [0, 0.1) is 5.92 Å². The van der Waals surface area contributed by atoms with Gasteiger partial charge < -0.3 is 10.2 Å². The maximum Gasteiger partial charge on any atom is 0.272 e. The van der Waals surface area contributed by atoms with Crippen LogP contribution in [0.5, 0.6) is 0 Å². The Bertz CT molecular complexity index is 724. The Labute approximate surface area is 162 Å². The van der Waals surface area contributed by atoms with Crippen LogP contribution in [0.2, 0.25) is 0 Å². The lowest BCUT2D eigenvalue weighted by molar-refractivity contribution is 0.0623. The van der Waals surface area contributed by atoms with Crippen LogP contribution in [0.3, 0.4) is 0 Å². The normalized spacial score (nSPS) is 15.1. The molecule has 1 aliphatic rings. The maximum absolute atomic E-state index is 12.8. The van der Waals surface area contributed by atoms with Gasteiger partial charge in [-0.2, -0.15) is 0 Å². The molecule has 2 aromatic rings. The summed E-state index contributed by atoms with van der Waals surface area (Å²) in [6.45, 7) is 9.56. The van der Waals surface area contributed by atoms with E-state index in [1.54, 1.807) is 6.20 Å². The van der Waals surface area contributed by atoms with Crippen molar-refractivity contribution in [3.8, 4) is 0 Å². The topological polar surface area (TPSA) is 48.5 Å². The minimum absolute atomic E-state index is 0.0295. The highest BCUT2D eigenvalue weighted by Gasteiger charge is 2.23. The van der Waals surface area contributed by atoms with Crippen LogP contribution >= 0.6 is 0 Å². The molecule has 0 radical (unpaired) electrons. The summed E-state index contributed by atoms with van der Waals surface area (Å²) in [7, 11) is 0. The van der Waals surface area contributed by atoms with Crippen LogP contribution in [-0.4, -0.2) is 53.4 Å². The van der Waals surface area contributed by atoms with Gasteiger partial charge in [0.2, 0.25) is 0 Å². The maximum atomic E-state index is 12.8. The predicted molar refractivity (Wildman–Crippen MR) is 110 cm³/mol. The van der Waals surface area contributed by atoms with E-state index in [1.165, 1.54) is 5.56 Å². The molecular weight excluding hydrogens is 336 g/mol. The van der Waals surface area contributed by atoms with Crippen LogP contribution in [-0.2, 0) is 6.54 Å². The molecule has 0 bridgehead atoms. The predicted octanol–water partition coefficient (Wildman–Crippen LogP) is 3.50. The first-order valence-corrected chi connectivity index (χ1v) is 9.87. The number of amides is 1. The summed E-state index contributed by atoms with van der Waals surface area (Å²) in [4.78, 5) is 21.4. The minimum Gasteiger partial charge on any atom is -0.385 e. The molecule has 1 aromatic heterocycles. The molecule has 1 amide bonds. The van der Waals surface area contributed by atoms with E-state index in [1.807, 2.05) is 23.1 Å². The largest absolute Gasteiger partial charge is 0.385 e. The van der Waals surface area contributed by atoms with Crippen LogP contribution in [0.25, 0.3) is 0 Å². The van der Waals surface area contributed by atoms with Gasteiger partial charge in [-0.3, -0.25) is 14.7 Å². The third kappa shape index (κ3) is 5.79. The lowest BCUT2D eigenvalue weighted by Crippen LogP contribution is -2.48. The smallest absolute Gasteiger partial charge is 0.272 e. The van der Waals surface area contributed by atoms with Crippen LogP contribution in [0.15, 0.2) is 48.7 Å². The molecule has 2 heterocycles. The minimum atomic E-state index is 0.0295. The Morgan fingerprint density at radius 3 is 2.56 bits per heavy atom. The molecular formula is C22H30N4O. The number of anilines is 1. The summed E-state index contributed by atoms with van der Waals surface area (Å²) in [5.74, 6) is 0.689. The molecule has 1 aromatic carbocycles. The number of carbonyl (C=O) groups is 1. The Morgan fingerprint density at radius 1 is 1.11 bits per heavy atom. The van der Waals surface area contributed by atoms with E-state index in [9.17, 15) is 4.79 Å². The lowest BCUT2D eigenvalue weighted by Gasteiger charge is -2.34. The van der Waals surface area contributed by atoms with Gasteiger partial charge in [0.05, 0.1) is 0 Å². The first-order chi connectivity index (χ1) is 13.1. The van der Waals surface area contributed by atoms with Gasteiger partial charge >= 0.3 is 0 Å². The van der Waals surface area contributed by atoms with E-state index in [2.05, 4.69) is 53.3 Å². The lowest BCUT2D eigenvalue weighted by atomic mass is 10.1. The Kier molecular flexibility index (Phi) is 6.82. The number of pyridine rings is 1. The average Bonchev–Trinajstić information content (AvgIpc) is 2.69. The first kappa shape index (κ1) is 19.4. The van der Waals surface area contributed by atoms with Gasteiger partial charge in [0.25, 0.3) is 5.91 Å². The monoisotopic (exact) mass is 366 g/mol. The van der Waals surface area contributed by atoms with Crippen molar-refractivity contribution in [3.05, 3.63) is 59.9 Å². The fourth-order valence-electron chi connectivity index (χ4n) is 3.28. The molecule has 0 aliphatic carbocycles. The highest BCUT2D eigenvalue weighted by molar-refractivity contribution is 5.93. The van der Waals surface area contributed by atoms with Gasteiger partial charge in [-0.05, 0) is 30.0 Å². The van der Waals surface area contributed by atoms with E-state index in [-0.39, 0.29) is 5.91 Å². The zero-order valence-corrected chi connectivity index (χ0v) is 16.4. The van der Waals surface area contributed by atoms with E-state index < -0.39 is 0 Å². The number of hydrogen-bond donors (Lipinski definition) is 1. The highest BCUT2D eigenvalue weighted by Crippen LogP contribution is 2.14. The molecule has 1 N–H and O–H groups in total. The fourth-order valence-corrected chi connectivity index (χ4v) is 3.28. The zero-order valence-electron chi connectivity index (χ0n) is 16.4. The second-order valence-electron chi connectivity index (χ2n) is 7.59. The molecule has 0 saturated carbocycles. The second kappa shape index (κ2) is 9.51. The number of rotatable bonds is 7. The van der Waals surface area contributed by atoms with E-state index >= 15 is 0 Å². The highest BCUT2D eigenvalue weighted by atomic mass is 16.2. The molecule has 144 valence electrons. The van der Waals surface area contributed by atoms with Gasteiger partial charge in [0.1, 0.15) is 5.69 Å². The number of piperazine rings is 1. The van der Waals surface area contributed by atoms with Gasteiger partial charge in [-0.25, -0.2) is 0 Å². The molecule has 1 saturated heterocycles. The van der Waals surface area contributed by atoms with Crippen molar-refractivity contribution < 1.29 is 4.79 Å². The van der Waals surface area contributed by atoms with Gasteiger partial charge in [-0.15, -0.1) is 0 Å². The zero-order chi connectivity index (χ0) is 19.1. The number of benzene rings is 1. The SMILES string of the molecule is CC(C)CCNc1ccnc(C(=O)N2CCN(Cc3ccccc3)CC2)c1. The third-order valence-corrected chi connectivity index (χ3v) is 4.94. The molecule has 0 atom stereocenters. The van der Waals surface area contributed by atoms with Gasteiger partial charge in [-0.1, -0.05) is 44.2 Å². The van der Waals surface area contributed by atoms with Crippen LogP contribution in [0.1, 0.15) is 36.3 Å². The summed E-state index contributed by atoms with van der Waals surface area (Å²) in [6, 6.07) is 14.3. The van der Waals surface area contributed by atoms with E-state index in [4.69, 9.17) is 0 Å². The van der Waals surface area contributed by atoms with Crippen molar-refractivity contribution in [1.82, 2.24) is 14.8 Å². The summed E-state index contributed by atoms with van der Waals surface area (Å²) in [6.07, 6.45) is 2.82. The number of hydrogen-bond acceptors (Lipinski definition) is 4. The summed E-state index contributed by atoms with van der Waals surface area (Å²) < 4.78 is 0. The number of nitrogens with one attached hydrogen (secondary N) is 1. The molecule has 0 unspecified atom stereocenters. The summed E-state index contributed by atoms with van der Waals surface area (Å²) in [5.41, 5.74) is 2.82. The average molecular weight is 367 g/mol. The molecule has 27 heavy (non-hydrogen) atoms. The molecule has 5 heteroatoms. The van der Waals surface area contributed by atoms with Crippen molar-refractivity contribution >= 4 is 11.6 Å². The summed E-state index contributed by atoms with van der Waals surface area (Å²) >= 11 is 0. The first-order valence-electron chi connectivity index (χ1n) is 9.87. The number of carbonyl (C=O) groups excluding carboxylic acids is 1. The van der Waals surface area contributed by atoms with Crippen LogP contribution in [0.4, 0.5) is 5.69 Å². The van der Waals surface area contributed by atoms with Gasteiger partial charge in [0.15, 0.2) is 0 Å². The van der Waals surface area contributed by atoms with Crippen molar-refractivity contribution in [3.63, 3.8) is 0 Å². The number of nitrogens with zero attached hydrogens (tertiary/aromatic N) is 3. The van der Waals surface area contributed by atoms with E-state index in [0.717, 1.165) is 51.4 Å². The number of aromatic nitrogens is 1. The molecule has 3 rings (SSSR count). The molecule has 0 spiro atoms. The van der Waals surface area contributed by atoms with E-state index in [0.29, 0.717) is 11.6 Å². The van der Waals surface area contributed by atoms with Crippen molar-refractivity contribution in [2.24, 2.45) is 5.92 Å². The van der Waals surface area contributed by atoms with Crippen molar-refractivity contribution in [2.45, 2.75) is 26.8 Å². The summed E-state index contributed by atoms with van der Waals surface area (Å²) in [5, 5.41) is 3.39. The quantitative estimate of drug-likeness (QED) is 0.815. The van der Waals surface area contributed by atoms with Crippen molar-refractivity contribution in [1.29, 1.82) is 0 Å². The molecule has 5 nitrogen and oxygen atoms in total.